The Morgan fingerprint density at radius 3 is 1.30 bits per heavy atom. The number of halogens is 5. The number of aliphatic imine (C=N–C) groups is 2. The van der Waals surface area contributed by atoms with Crippen molar-refractivity contribution in [2.45, 2.75) is 26.1 Å². The maximum atomic E-state index is 6.01. The molecule has 4 rings (SSSR count). The molecule has 2 aliphatic heterocycles. The summed E-state index contributed by atoms with van der Waals surface area (Å²) in [6.07, 6.45) is -0.334. The Bertz CT molecular complexity index is 883. The molecule has 2 unspecified atom stereocenters. The Morgan fingerprint density at radius 1 is 0.697 bits per heavy atom. The molecule has 2 aliphatic rings. The van der Waals surface area contributed by atoms with Gasteiger partial charge >= 0.3 is 0 Å². The van der Waals surface area contributed by atoms with Gasteiger partial charge in [-0.1, -0.05) is 58.5 Å². The summed E-state index contributed by atoms with van der Waals surface area (Å²) in [5.41, 5.74) is 0. The van der Waals surface area contributed by atoms with Crippen LogP contribution in [-0.2, 0) is 0 Å². The predicted molar refractivity (Wildman–Crippen MR) is 141 cm³/mol. The molecule has 33 heavy (non-hydrogen) atoms. The van der Waals surface area contributed by atoms with Gasteiger partial charge in [0.2, 0.25) is 0 Å². The number of rotatable bonds is 6. The molecular weight excluding hydrogens is 530 g/mol. The SMILES string of the molecule is CC(Oc1c(Cl)cccc1Cl)C1=NCCN1.CC(Oc1c(Cl)cccc1Cl)C1=NCCN1.Cl. The topological polar surface area (TPSA) is 67.2 Å². The number of nitrogens with zero attached hydrogens (tertiary/aromatic N) is 2. The zero-order valence-electron chi connectivity index (χ0n) is 18.1. The number of amidine groups is 2. The average molecular weight is 555 g/mol. The summed E-state index contributed by atoms with van der Waals surface area (Å²) in [6.45, 7) is 7.13. The van der Waals surface area contributed by atoms with Crippen molar-refractivity contribution in [1.29, 1.82) is 0 Å². The summed E-state index contributed by atoms with van der Waals surface area (Å²) in [5.74, 6) is 2.71. The van der Waals surface area contributed by atoms with Gasteiger partial charge in [-0.2, -0.15) is 0 Å². The number of hydrogen-bond acceptors (Lipinski definition) is 6. The summed E-state index contributed by atoms with van der Waals surface area (Å²) in [4.78, 5) is 8.57. The third-order valence-electron chi connectivity index (χ3n) is 4.60. The molecule has 0 fully saturated rings. The number of ether oxygens (including phenoxy) is 2. The van der Waals surface area contributed by atoms with Crippen molar-refractivity contribution in [1.82, 2.24) is 10.6 Å². The molecule has 0 spiro atoms. The minimum atomic E-state index is -0.167. The van der Waals surface area contributed by atoms with Crippen molar-refractivity contribution < 1.29 is 9.47 Å². The number of nitrogens with one attached hydrogen (secondary N) is 2. The molecule has 2 aromatic rings. The fourth-order valence-corrected chi connectivity index (χ4v) is 4.01. The first-order valence-corrected chi connectivity index (χ1v) is 11.7. The van der Waals surface area contributed by atoms with Crippen molar-refractivity contribution in [3.63, 3.8) is 0 Å². The Hall–Kier alpha value is -1.57. The van der Waals surface area contributed by atoms with E-state index in [0.717, 1.165) is 37.9 Å². The molecule has 0 aliphatic carbocycles. The van der Waals surface area contributed by atoms with Gasteiger partial charge in [-0.3, -0.25) is 9.98 Å². The monoisotopic (exact) mass is 552 g/mol. The van der Waals surface area contributed by atoms with Crippen LogP contribution < -0.4 is 20.1 Å². The third-order valence-corrected chi connectivity index (χ3v) is 5.79. The summed E-state index contributed by atoms with van der Waals surface area (Å²) >= 11 is 24.0. The van der Waals surface area contributed by atoms with Crippen molar-refractivity contribution >= 4 is 70.5 Å². The Kier molecular flexibility index (Phi) is 11.2. The zero-order chi connectivity index (χ0) is 23.1. The molecule has 2 atom stereocenters. The second-order valence-electron chi connectivity index (χ2n) is 7.01. The molecule has 0 radical (unpaired) electrons. The van der Waals surface area contributed by atoms with Crippen LogP contribution >= 0.6 is 58.8 Å². The van der Waals surface area contributed by atoms with Crippen molar-refractivity contribution in [3.05, 3.63) is 56.5 Å². The number of benzene rings is 2. The maximum absolute atomic E-state index is 6.01. The molecule has 2 N–H and O–H groups in total. The van der Waals surface area contributed by atoms with E-state index in [1.807, 2.05) is 13.8 Å². The van der Waals surface area contributed by atoms with E-state index in [0.29, 0.717) is 31.6 Å². The summed E-state index contributed by atoms with van der Waals surface area (Å²) in [6, 6.07) is 10.6. The highest BCUT2D eigenvalue weighted by Crippen LogP contribution is 2.34. The van der Waals surface area contributed by atoms with Crippen LogP contribution in [0.3, 0.4) is 0 Å². The Labute approximate surface area is 220 Å². The van der Waals surface area contributed by atoms with Crippen LogP contribution in [0.15, 0.2) is 46.4 Å². The largest absolute Gasteiger partial charge is 0.480 e. The molecule has 180 valence electrons. The average Bonchev–Trinajstić information content (AvgIpc) is 3.48. The molecule has 2 aromatic carbocycles. The smallest absolute Gasteiger partial charge is 0.157 e. The van der Waals surface area contributed by atoms with E-state index in [1.165, 1.54) is 0 Å². The summed E-state index contributed by atoms with van der Waals surface area (Å²) in [7, 11) is 0. The number of hydrogen-bond donors (Lipinski definition) is 2. The van der Waals surface area contributed by atoms with Gasteiger partial charge in [0.15, 0.2) is 23.7 Å². The van der Waals surface area contributed by atoms with Gasteiger partial charge in [-0.25, -0.2) is 0 Å². The Balaban J connectivity index is 0.000000227. The molecule has 11 heteroatoms. The lowest BCUT2D eigenvalue weighted by Gasteiger charge is -2.16. The molecule has 0 amide bonds. The second kappa shape index (κ2) is 13.4. The fraction of sp³-hybridized carbons (Fsp3) is 0.364. The molecule has 2 heterocycles. The van der Waals surface area contributed by atoms with Crippen LogP contribution in [0.2, 0.25) is 20.1 Å². The van der Waals surface area contributed by atoms with Crippen LogP contribution in [0.4, 0.5) is 0 Å². The van der Waals surface area contributed by atoms with Gasteiger partial charge in [-0.15, -0.1) is 12.4 Å². The van der Waals surface area contributed by atoms with Gasteiger partial charge in [-0.05, 0) is 38.1 Å². The van der Waals surface area contributed by atoms with E-state index in [4.69, 9.17) is 55.9 Å². The van der Waals surface area contributed by atoms with Gasteiger partial charge < -0.3 is 20.1 Å². The molecule has 0 aromatic heterocycles. The van der Waals surface area contributed by atoms with E-state index < -0.39 is 0 Å². The minimum absolute atomic E-state index is 0. The van der Waals surface area contributed by atoms with Crippen LogP contribution in [0.25, 0.3) is 0 Å². The molecular formula is C22H25Cl5N4O2. The van der Waals surface area contributed by atoms with Crippen molar-refractivity contribution in [2.24, 2.45) is 9.98 Å². The quantitative estimate of drug-likeness (QED) is 0.463. The molecule has 0 saturated carbocycles. The fourth-order valence-electron chi connectivity index (χ4n) is 3.03. The minimum Gasteiger partial charge on any atom is -0.480 e. The van der Waals surface area contributed by atoms with E-state index in [-0.39, 0.29) is 24.6 Å². The van der Waals surface area contributed by atoms with E-state index in [9.17, 15) is 0 Å². The first kappa shape index (κ1) is 27.7. The van der Waals surface area contributed by atoms with Crippen LogP contribution in [0.1, 0.15) is 13.8 Å². The Morgan fingerprint density at radius 2 is 1.03 bits per heavy atom. The van der Waals surface area contributed by atoms with Crippen LogP contribution in [0.5, 0.6) is 11.5 Å². The highest BCUT2D eigenvalue weighted by atomic mass is 35.5. The summed E-state index contributed by atoms with van der Waals surface area (Å²) in [5, 5.41) is 8.36. The van der Waals surface area contributed by atoms with Crippen molar-refractivity contribution in [3.8, 4) is 11.5 Å². The first-order valence-electron chi connectivity index (χ1n) is 10.1. The molecule has 0 bridgehead atoms. The molecule has 0 saturated heterocycles. The lowest BCUT2D eigenvalue weighted by atomic mass is 10.3. The highest BCUT2D eigenvalue weighted by Gasteiger charge is 2.19. The lowest BCUT2D eigenvalue weighted by molar-refractivity contribution is 0.284. The predicted octanol–water partition coefficient (Wildman–Crippen LogP) is 5.95. The van der Waals surface area contributed by atoms with E-state index in [2.05, 4.69) is 20.6 Å². The summed E-state index contributed by atoms with van der Waals surface area (Å²) < 4.78 is 11.4. The van der Waals surface area contributed by atoms with Gasteiger partial charge in [0.25, 0.3) is 0 Å². The number of para-hydroxylation sites is 2. The standard InChI is InChI=1S/2C11H12Cl2N2O.ClH/c2*1-7(11-14-5-6-15-11)16-10-8(12)3-2-4-9(10)13;/h2*2-4,7H,5-6H2,1H3,(H,14,15);1H. The molecule has 6 nitrogen and oxygen atoms in total. The highest BCUT2D eigenvalue weighted by molar-refractivity contribution is 6.37. The third kappa shape index (κ3) is 7.72. The zero-order valence-corrected chi connectivity index (χ0v) is 21.9. The van der Waals surface area contributed by atoms with E-state index >= 15 is 0 Å². The van der Waals surface area contributed by atoms with E-state index in [1.54, 1.807) is 36.4 Å². The lowest BCUT2D eigenvalue weighted by Crippen LogP contribution is -2.33. The van der Waals surface area contributed by atoms with Crippen molar-refractivity contribution in [2.75, 3.05) is 26.2 Å². The normalized spacial score (nSPS) is 16.1. The maximum Gasteiger partial charge on any atom is 0.157 e. The first-order chi connectivity index (χ1) is 15.4. The van der Waals surface area contributed by atoms with Gasteiger partial charge in [0.05, 0.1) is 33.2 Å². The van der Waals surface area contributed by atoms with Crippen LogP contribution in [0, 0.1) is 0 Å². The van der Waals surface area contributed by atoms with Gasteiger partial charge in [0.1, 0.15) is 11.7 Å². The van der Waals surface area contributed by atoms with Crippen LogP contribution in [-0.4, -0.2) is 50.1 Å². The van der Waals surface area contributed by atoms with Gasteiger partial charge in [0, 0.05) is 13.1 Å². The second-order valence-corrected chi connectivity index (χ2v) is 8.64.